The first-order valence-electron chi connectivity index (χ1n) is 8.88. The lowest BCUT2D eigenvalue weighted by Crippen LogP contribution is -2.32. The molecule has 0 amide bonds. The highest BCUT2D eigenvalue weighted by Crippen LogP contribution is 2.32. The first-order chi connectivity index (χ1) is 13.2. The molecule has 8 nitrogen and oxygen atoms in total. The number of benzene rings is 1. The fourth-order valence-corrected chi connectivity index (χ4v) is 3.67. The first-order valence-corrected chi connectivity index (χ1v) is 10.9. The lowest BCUT2D eigenvalue weighted by Gasteiger charge is -2.18. The normalized spacial score (nSPS) is 15.4. The average Bonchev–Trinajstić information content (AvgIpc) is 3.08. The Hall–Kier alpha value is -2.36. The molecule has 1 aliphatic rings. The molecular weight excluding hydrogens is 384 g/mol. The third kappa shape index (κ3) is 5.34. The molecule has 0 saturated heterocycles. The predicted octanol–water partition coefficient (Wildman–Crippen LogP) is 1.31. The second-order valence-corrected chi connectivity index (χ2v) is 9.13. The number of aromatic hydroxyl groups is 1. The van der Waals surface area contributed by atoms with Crippen molar-refractivity contribution in [3.05, 3.63) is 47.3 Å². The van der Waals surface area contributed by atoms with Gasteiger partial charge >= 0.3 is 0 Å². The van der Waals surface area contributed by atoms with Crippen molar-refractivity contribution in [2.45, 2.75) is 31.2 Å². The molecule has 3 rings (SSSR count). The summed E-state index contributed by atoms with van der Waals surface area (Å²) in [6.07, 6.45) is 0.862. The van der Waals surface area contributed by atoms with Crippen molar-refractivity contribution in [2.24, 2.45) is 0 Å². The van der Waals surface area contributed by atoms with Crippen molar-refractivity contribution < 1.29 is 28.1 Å². The Balaban J connectivity index is 1.57. The largest absolute Gasteiger partial charge is 0.506 e. The summed E-state index contributed by atoms with van der Waals surface area (Å²) < 4.78 is 33.6. The molecule has 152 valence electrons. The summed E-state index contributed by atoms with van der Waals surface area (Å²) in [6, 6.07) is 8.69. The van der Waals surface area contributed by atoms with Crippen molar-refractivity contribution >= 4 is 9.84 Å². The van der Waals surface area contributed by atoms with Crippen LogP contribution in [0.1, 0.15) is 30.0 Å². The lowest BCUT2D eigenvalue weighted by atomic mass is 10.1. The topological polar surface area (TPSA) is 118 Å². The van der Waals surface area contributed by atoms with Crippen LogP contribution in [0.3, 0.4) is 0 Å². The Morgan fingerprint density at radius 3 is 2.71 bits per heavy atom. The van der Waals surface area contributed by atoms with Crippen LogP contribution < -0.4 is 14.8 Å². The van der Waals surface area contributed by atoms with Gasteiger partial charge in [-0.1, -0.05) is 6.07 Å². The van der Waals surface area contributed by atoms with Crippen molar-refractivity contribution in [2.75, 3.05) is 19.6 Å². The predicted molar refractivity (Wildman–Crippen MR) is 103 cm³/mol. The second-order valence-electron chi connectivity index (χ2n) is 6.99. The van der Waals surface area contributed by atoms with Gasteiger partial charge in [-0.3, -0.25) is 4.98 Å². The number of pyridine rings is 1. The van der Waals surface area contributed by atoms with Crippen LogP contribution in [0, 0.1) is 0 Å². The number of fused-ring (bicyclic) bond motifs is 1. The van der Waals surface area contributed by atoms with Gasteiger partial charge in [0.15, 0.2) is 21.3 Å². The quantitative estimate of drug-likeness (QED) is 0.598. The van der Waals surface area contributed by atoms with Gasteiger partial charge in [0, 0.05) is 18.8 Å². The van der Waals surface area contributed by atoms with E-state index in [1.807, 2.05) is 25.1 Å². The fraction of sp³-hybridized carbons (Fsp3) is 0.421. The molecule has 0 bridgehead atoms. The van der Waals surface area contributed by atoms with E-state index in [-0.39, 0.29) is 36.6 Å². The van der Waals surface area contributed by atoms with Gasteiger partial charge in [-0.15, -0.1) is 0 Å². The highest BCUT2D eigenvalue weighted by molar-refractivity contribution is 7.89. The smallest absolute Gasteiger partial charge is 0.231 e. The number of nitrogens with zero attached hydrogens (tertiary/aromatic N) is 1. The number of hydrogen-bond acceptors (Lipinski definition) is 8. The van der Waals surface area contributed by atoms with E-state index in [0.717, 1.165) is 29.7 Å². The molecular formula is C19H24N2O6S. The van der Waals surface area contributed by atoms with Gasteiger partial charge in [-0.2, -0.15) is 0 Å². The van der Waals surface area contributed by atoms with Crippen molar-refractivity contribution in [1.82, 2.24) is 10.3 Å². The molecule has 2 aromatic rings. The van der Waals surface area contributed by atoms with E-state index < -0.39 is 15.9 Å². The average molecular weight is 408 g/mol. The summed E-state index contributed by atoms with van der Waals surface area (Å²) in [6.45, 7) is 2.47. The standard InChI is InChI=1S/C19H24N2O6S/c1-12(7-13-3-6-18-19(8-13)27-11-26-18)20-9-17(23)14-4-5-16(22)15(21-14)10-28(2,24)25/h3-6,8,12,17,20,22-23H,7,9-11H2,1-2H3. The van der Waals surface area contributed by atoms with Crippen LogP contribution in [0.15, 0.2) is 30.3 Å². The summed E-state index contributed by atoms with van der Waals surface area (Å²) >= 11 is 0. The highest BCUT2D eigenvalue weighted by atomic mass is 32.2. The van der Waals surface area contributed by atoms with E-state index in [9.17, 15) is 18.6 Å². The monoisotopic (exact) mass is 408 g/mol. The van der Waals surface area contributed by atoms with Gasteiger partial charge in [0.05, 0.1) is 17.1 Å². The third-order valence-corrected chi connectivity index (χ3v) is 5.15. The molecule has 1 aromatic heterocycles. The molecule has 2 atom stereocenters. The van der Waals surface area contributed by atoms with Gasteiger partial charge in [0.1, 0.15) is 11.9 Å². The van der Waals surface area contributed by atoms with Crippen LogP contribution in [-0.4, -0.2) is 49.3 Å². The molecule has 0 saturated carbocycles. The maximum absolute atomic E-state index is 11.5. The number of hydrogen-bond donors (Lipinski definition) is 3. The number of ether oxygens (including phenoxy) is 2. The number of sulfone groups is 1. The molecule has 0 aliphatic carbocycles. The van der Waals surface area contributed by atoms with E-state index in [2.05, 4.69) is 10.3 Å². The molecule has 0 fully saturated rings. The van der Waals surface area contributed by atoms with Crippen LogP contribution in [0.5, 0.6) is 17.2 Å². The van der Waals surface area contributed by atoms with Crippen molar-refractivity contribution in [3.8, 4) is 17.2 Å². The van der Waals surface area contributed by atoms with Gasteiger partial charge in [-0.05, 0) is 43.2 Å². The molecule has 1 aromatic carbocycles. The number of nitrogens with one attached hydrogen (secondary N) is 1. The van der Waals surface area contributed by atoms with Crippen LogP contribution in [0.25, 0.3) is 0 Å². The molecule has 9 heteroatoms. The molecule has 0 radical (unpaired) electrons. The van der Waals surface area contributed by atoms with Crippen LogP contribution in [0.4, 0.5) is 0 Å². The lowest BCUT2D eigenvalue weighted by molar-refractivity contribution is 0.165. The minimum atomic E-state index is -3.35. The van der Waals surface area contributed by atoms with Gasteiger partial charge < -0.3 is 25.0 Å². The van der Waals surface area contributed by atoms with E-state index in [1.165, 1.54) is 12.1 Å². The molecule has 0 spiro atoms. The summed E-state index contributed by atoms with van der Waals surface area (Å²) in [5.74, 6) is 0.887. The van der Waals surface area contributed by atoms with Crippen molar-refractivity contribution in [3.63, 3.8) is 0 Å². The van der Waals surface area contributed by atoms with Gasteiger partial charge in [-0.25, -0.2) is 8.42 Å². The van der Waals surface area contributed by atoms with Crippen LogP contribution in [0.2, 0.25) is 0 Å². The number of aromatic nitrogens is 1. The number of aliphatic hydroxyl groups is 1. The Kier molecular flexibility index (Phi) is 6.07. The van der Waals surface area contributed by atoms with Gasteiger partial charge in [0.2, 0.25) is 6.79 Å². The van der Waals surface area contributed by atoms with E-state index in [1.54, 1.807) is 0 Å². The van der Waals surface area contributed by atoms with E-state index in [0.29, 0.717) is 5.69 Å². The minimum absolute atomic E-state index is 0.0347. The maximum Gasteiger partial charge on any atom is 0.231 e. The third-order valence-electron chi connectivity index (χ3n) is 4.35. The molecule has 2 heterocycles. The Bertz CT molecular complexity index is 947. The molecule has 1 aliphatic heterocycles. The number of rotatable bonds is 8. The van der Waals surface area contributed by atoms with Crippen LogP contribution >= 0.6 is 0 Å². The Labute approximate surface area is 164 Å². The molecule has 3 N–H and O–H groups in total. The fourth-order valence-electron chi connectivity index (χ4n) is 2.96. The summed E-state index contributed by atoms with van der Waals surface area (Å²) in [7, 11) is -3.35. The zero-order chi connectivity index (χ0) is 20.3. The summed E-state index contributed by atoms with van der Waals surface area (Å²) in [5, 5.41) is 23.4. The zero-order valence-corrected chi connectivity index (χ0v) is 16.6. The SMILES string of the molecule is CC(Cc1ccc2c(c1)OCO2)NCC(O)c1ccc(O)c(CS(C)(=O)=O)n1. The van der Waals surface area contributed by atoms with E-state index in [4.69, 9.17) is 9.47 Å². The van der Waals surface area contributed by atoms with Crippen LogP contribution in [-0.2, 0) is 22.0 Å². The Morgan fingerprint density at radius 2 is 1.96 bits per heavy atom. The van der Waals surface area contributed by atoms with E-state index >= 15 is 0 Å². The molecule has 2 unspecified atom stereocenters. The summed E-state index contributed by atoms with van der Waals surface area (Å²) in [4.78, 5) is 4.11. The second kappa shape index (κ2) is 8.34. The minimum Gasteiger partial charge on any atom is -0.506 e. The maximum atomic E-state index is 11.5. The summed E-state index contributed by atoms with van der Waals surface area (Å²) in [5.41, 5.74) is 1.42. The number of aliphatic hydroxyl groups excluding tert-OH is 1. The first kappa shape index (κ1) is 20.4. The zero-order valence-electron chi connectivity index (χ0n) is 15.8. The van der Waals surface area contributed by atoms with Crippen molar-refractivity contribution in [1.29, 1.82) is 0 Å². The Morgan fingerprint density at radius 1 is 1.21 bits per heavy atom. The van der Waals surface area contributed by atoms with Gasteiger partial charge in [0.25, 0.3) is 0 Å². The highest BCUT2D eigenvalue weighted by Gasteiger charge is 2.17. The molecule has 28 heavy (non-hydrogen) atoms.